The minimum atomic E-state index is -0.385. The average molecular weight is 474 g/mol. The van der Waals surface area contributed by atoms with Crippen LogP contribution in [0.1, 0.15) is 29.6 Å². The lowest BCUT2D eigenvalue weighted by molar-refractivity contribution is -0.116. The Morgan fingerprint density at radius 1 is 1.14 bits per heavy atom. The minimum Gasteiger partial charge on any atom is -0.326 e. The van der Waals surface area contributed by atoms with Gasteiger partial charge >= 0.3 is 0 Å². The predicted molar refractivity (Wildman–Crippen MR) is 122 cm³/mol. The molecule has 29 heavy (non-hydrogen) atoms. The molecule has 2 amide bonds. The van der Waals surface area contributed by atoms with Crippen LogP contribution in [-0.2, 0) is 4.79 Å². The normalized spacial score (nSPS) is 13.4. The van der Waals surface area contributed by atoms with Gasteiger partial charge in [0.1, 0.15) is 5.82 Å². The van der Waals surface area contributed by atoms with Crippen LogP contribution in [0.5, 0.6) is 0 Å². The summed E-state index contributed by atoms with van der Waals surface area (Å²) in [5, 5.41) is 6.17. The maximum Gasteiger partial charge on any atom is 0.257 e. The van der Waals surface area contributed by atoms with Crippen molar-refractivity contribution >= 4 is 75.8 Å². The van der Waals surface area contributed by atoms with E-state index in [4.69, 9.17) is 34.8 Å². The summed E-state index contributed by atoms with van der Waals surface area (Å²) < 4.78 is 2.04. The van der Waals surface area contributed by atoms with Gasteiger partial charge in [-0.25, -0.2) is 4.98 Å². The van der Waals surface area contributed by atoms with Crippen LogP contribution in [-0.4, -0.2) is 35.0 Å². The maximum atomic E-state index is 12.8. The molecule has 1 aromatic carbocycles. The zero-order valence-electron chi connectivity index (χ0n) is 15.4. The number of pyridine rings is 1. The Kier molecular flexibility index (Phi) is 7.89. The van der Waals surface area contributed by atoms with Crippen LogP contribution in [0, 0.1) is 0 Å². The molecular weight excluding hydrogens is 455 g/mol. The molecule has 2 aromatic rings. The van der Waals surface area contributed by atoms with Gasteiger partial charge in [-0.1, -0.05) is 23.2 Å². The monoisotopic (exact) mass is 472 g/mol. The summed E-state index contributed by atoms with van der Waals surface area (Å²) in [5.74, 6) is 1.57. The highest BCUT2D eigenvalue weighted by atomic mass is 35.5. The van der Waals surface area contributed by atoms with Gasteiger partial charge in [-0.3, -0.25) is 9.59 Å². The van der Waals surface area contributed by atoms with E-state index in [0.29, 0.717) is 46.5 Å². The molecule has 1 aliphatic heterocycles. The van der Waals surface area contributed by atoms with E-state index in [-0.39, 0.29) is 16.8 Å². The molecule has 0 bridgehead atoms. The maximum absolute atomic E-state index is 12.8. The number of nitrogens with zero attached hydrogens (tertiary/aromatic N) is 2. The lowest BCUT2D eigenvalue weighted by Crippen LogP contribution is -2.16. The van der Waals surface area contributed by atoms with Gasteiger partial charge in [0, 0.05) is 47.2 Å². The summed E-state index contributed by atoms with van der Waals surface area (Å²) in [7, 11) is 0. The third-order valence-electron chi connectivity index (χ3n) is 4.07. The molecule has 3 rings (SSSR count). The lowest BCUT2D eigenvalue weighted by atomic mass is 10.2. The Balaban J connectivity index is 1.75. The van der Waals surface area contributed by atoms with Crippen LogP contribution in [0.15, 0.2) is 30.5 Å². The number of rotatable bonds is 7. The van der Waals surface area contributed by atoms with Crippen LogP contribution in [0.25, 0.3) is 0 Å². The number of carbonyl (C=O) groups excluding carboxylic acids is 2. The highest BCUT2D eigenvalue weighted by molar-refractivity contribution is 8.00. The number of hydrogen-bond donors (Lipinski definition) is 2. The molecule has 2 N–H and O–H groups in total. The molecule has 1 aromatic heterocycles. The average Bonchev–Trinajstić information content (AvgIpc) is 3.21. The fourth-order valence-corrected chi connectivity index (χ4v) is 4.28. The van der Waals surface area contributed by atoms with Gasteiger partial charge in [0.25, 0.3) is 5.91 Å². The van der Waals surface area contributed by atoms with Crippen molar-refractivity contribution in [1.29, 1.82) is 0 Å². The number of benzene rings is 1. The number of anilines is 3. The summed E-state index contributed by atoms with van der Waals surface area (Å²) >= 11 is 19.6. The zero-order chi connectivity index (χ0) is 20.8. The van der Waals surface area contributed by atoms with E-state index in [9.17, 15) is 9.59 Å². The van der Waals surface area contributed by atoms with Crippen molar-refractivity contribution in [3.8, 4) is 0 Å². The molecule has 0 aliphatic carbocycles. The Hall–Kier alpha value is -1.67. The fourth-order valence-electron chi connectivity index (χ4n) is 2.75. The van der Waals surface area contributed by atoms with Gasteiger partial charge in [-0.05, 0) is 49.1 Å². The first-order chi connectivity index (χ1) is 14.0. The van der Waals surface area contributed by atoms with Crippen molar-refractivity contribution in [3.63, 3.8) is 0 Å². The van der Waals surface area contributed by atoms with Crippen molar-refractivity contribution < 1.29 is 9.59 Å². The molecule has 0 unspecified atom stereocenters. The summed E-state index contributed by atoms with van der Waals surface area (Å²) in [5.41, 5.74) is 1.25. The second-order valence-electron chi connectivity index (χ2n) is 6.33. The van der Waals surface area contributed by atoms with Crippen LogP contribution >= 0.6 is 46.8 Å². The molecule has 1 fully saturated rings. The van der Waals surface area contributed by atoms with Crippen LogP contribution < -0.4 is 14.9 Å². The molecule has 2 heterocycles. The molecule has 6 nitrogen and oxygen atoms in total. The van der Waals surface area contributed by atoms with Crippen LogP contribution in [0.4, 0.5) is 17.2 Å². The van der Waals surface area contributed by atoms with E-state index < -0.39 is 0 Å². The van der Waals surface area contributed by atoms with Gasteiger partial charge in [0.2, 0.25) is 5.91 Å². The third-order valence-corrected chi connectivity index (χ3v) is 6.01. The van der Waals surface area contributed by atoms with E-state index >= 15 is 0 Å². The third kappa shape index (κ3) is 6.15. The second-order valence-corrected chi connectivity index (χ2v) is 8.66. The van der Waals surface area contributed by atoms with Gasteiger partial charge in [-0.2, -0.15) is 0 Å². The molecule has 0 atom stereocenters. The molecular formula is C19H19Cl3N4O2S. The molecule has 0 spiro atoms. The quantitative estimate of drug-likeness (QED) is 0.413. The molecule has 1 aliphatic rings. The Morgan fingerprint density at radius 3 is 2.59 bits per heavy atom. The van der Waals surface area contributed by atoms with E-state index in [1.54, 1.807) is 36.2 Å². The molecule has 0 saturated carbocycles. The largest absolute Gasteiger partial charge is 0.326 e. The minimum absolute atomic E-state index is 0.171. The van der Waals surface area contributed by atoms with Gasteiger partial charge in [0.15, 0.2) is 0 Å². The number of hydrogen-bond acceptors (Lipinski definition) is 5. The number of amides is 2. The highest BCUT2D eigenvalue weighted by Crippen LogP contribution is 2.30. The Labute approximate surface area is 188 Å². The molecule has 154 valence electrons. The lowest BCUT2D eigenvalue weighted by Gasteiger charge is -2.16. The van der Waals surface area contributed by atoms with Gasteiger partial charge < -0.3 is 14.9 Å². The number of carbonyl (C=O) groups is 2. The highest BCUT2D eigenvalue weighted by Gasteiger charge is 2.19. The number of alkyl halides is 1. The van der Waals surface area contributed by atoms with Crippen LogP contribution in [0.2, 0.25) is 10.0 Å². The summed E-state index contributed by atoms with van der Waals surface area (Å²) in [6.07, 6.45) is 3.43. The first-order valence-electron chi connectivity index (χ1n) is 9.00. The molecule has 10 heteroatoms. The van der Waals surface area contributed by atoms with Crippen LogP contribution in [0.3, 0.4) is 0 Å². The molecule has 1 saturated heterocycles. The number of halogens is 3. The van der Waals surface area contributed by atoms with Crippen molar-refractivity contribution in [2.75, 3.05) is 33.1 Å². The SMILES string of the molecule is O=C(CCCCl)Nc1cc(Cl)cc(NC(=O)c2cc(N3CCCS3)ncc2Cl)c1. The molecule has 0 radical (unpaired) electrons. The summed E-state index contributed by atoms with van der Waals surface area (Å²) in [6.45, 7) is 0.876. The topological polar surface area (TPSA) is 74.3 Å². The van der Waals surface area contributed by atoms with Gasteiger partial charge in [0.05, 0.1) is 10.6 Å². The second kappa shape index (κ2) is 10.4. The zero-order valence-corrected chi connectivity index (χ0v) is 18.5. The number of aromatic nitrogens is 1. The van der Waals surface area contributed by atoms with Crippen molar-refractivity contribution in [2.45, 2.75) is 19.3 Å². The van der Waals surface area contributed by atoms with E-state index in [1.165, 1.54) is 6.20 Å². The number of nitrogens with one attached hydrogen (secondary N) is 2. The Bertz CT molecular complexity index is 907. The smallest absolute Gasteiger partial charge is 0.257 e. The van der Waals surface area contributed by atoms with Crippen molar-refractivity contribution in [2.24, 2.45) is 0 Å². The summed E-state index contributed by atoms with van der Waals surface area (Å²) in [4.78, 5) is 29.0. The fraction of sp³-hybridized carbons (Fsp3) is 0.316. The van der Waals surface area contributed by atoms with Gasteiger partial charge in [-0.15, -0.1) is 11.6 Å². The summed E-state index contributed by atoms with van der Waals surface area (Å²) in [6, 6.07) is 6.52. The first-order valence-corrected chi connectivity index (χ1v) is 11.2. The van der Waals surface area contributed by atoms with E-state index in [0.717, 1.165) is 18.7 Å². The van der Waals surface area contributed by atoms with Crippen molar-refractivity contribution in [1.82, 2.24) is 4.98 Å². The van der Waals surface area contributed by atoms with E-state index in [1.807, 2.05) is 4.31 Å². The Morgan fingerprint density at radius 2 is 1.90 bits per heavy atom. The van der Waals surface area contributed by atoms with E-state index in [2.05, 4.69) is 15.6 Å². The first kappa shape index (κ1) is 22.0. The predicted octanol–water partition coefficient (Wildman–Crippen LogP) is 5.46. The standard InChI is InChI=1S/C19H19Cl3N4O2S/c20-4-1-3-18(27)24-13-7-12(21)8-14(9-13)25-19(28)15-10-17(23-11-16(15)22)26-5-2-6-29-26/h7-11H,1-6H2,(H,24,27)(H,25,28). The van der Waals surface area contributed by atoms with Crippen molar-refractivity contribution in [3.05, 3.63) is 46.1 Å².